The lowest BCUT2D eigenvalue weighted by molar-refractivity contribution is -0.117. The second kappa shape index (κ2) is 12.8. The van der Waals surface area contributed by atoms with Crippen molar-refractivity contribution in [1.29, 1.82) is 0 Å². The lowest BCUT2D eigenvalue weighted by atomic mass is 9.71. The van der Waals surface area contributed by atoms with E-state index in [9.17, 15) is 9.59 Å². The maximum atomic E-state index is 13.6. The third kappa shape index (κ3) is 5.61. The summed E-state index contributed by atoms with van der Waals surface area (Å²) in [5.41, 5.74) is 7.01. The van der Waals surface area contributed by atoms with Crippen LogP contribution in [0.2, 0.25) is 0 Å². The predicted molar refractivity (Wildman–Crippen MR) is 168 cm³/mol. The molecule has 1 aliphatic heterocycles. The topological polar surface area (TPSA) is 65.1 Å². The van der Waals surface area contributed by atoms with Gasteiger partial charge >= 0.3 is 0 Å². The lowest BCUT2D eigenvalue weighted by Crippen LogP contribution is -2.39. The third-order valence-corrected chi connectivity index (χ3v) is 9.06. The van der Waals surface area contributed by atoms with Crippen LogP contribution >= 0.6 is 0 Å². The second-order valence-electron chi connectivity index (χ2n) is 11.7. The zero-order chi connectivity index (χ0) is 29.9. The Hall–Kier alpha value is -3.90. The summed E-state index contributed by atoms with van der Waals surface area (Å²) < 4.78 is 17.9. The fourth-order valence-electron chi connectivity index (χ4n) is 7.06. The molecule has 3 aromatic carbocycles. The standard InChI is InChI=1S/C37H41NO5/c1-4-42-34-22-26(18-19-33(34)43-23-28-24(2)16-17-25-10-5-6-11-27(25)28)35-36-29(12-7-14-31(36)39)38(20-9-21-41-3)30-13-8-15-32(40)37(30)35/h5-6,10-11,16-19,22,35H,4,7-9,12-15,20-21,23H2,1-3H3. The Kier molecular flexibility index (Phi) is 8.66. The number of hydrogen-bond acceptors (Lipinski definition) is 6. The highest BCUT2D eigenvalue weighted by atomic mass is 16.5. The molecule has 2 aliphatic carbocycles. The SMILES string of the molecule is CCOc1cc(C2C3=C(CCCC3=O)N(CCCOC)C3=C2C(=O)CCC3)ccc1OCc1c(C)ccc2ccccc12. The van der Waals surface area contributed by atoms with Crippen LogP contribution in [-0.2, 0) is 20.9 Å². The molecule has 0 atom stereocenters. The van der Waals surface area contributed by atoms with E-state index >= 15 is 0 Å². The van der Waals surface area contributed by atoms with Crippen LogP contribution in [0.3, 0.4) is 0 Å². The van der Waals surface area contributed by atoms with Crippen molar-refractivity contribution in [2.45, 2.75) is 71.3 Å². The number of rotatable bonds is 10. The van der Waals surface area contributed by atoms with Gasteiger partial charge in [0.15, 0.2) is 23.1 Å². The molecule has 0 amide bonds. The number of aryl methyl sites for hydroxylation is 1. The minimum Gasteiger partial charge on any atom is -0.490 e. The van der Waals surface area contributed by atoms with Gasteiger partial charge in [-0.2, -0.15) is 0 Å². The van der Waals surface area contributed by atoms with E-state index in [0.717, 1.165) is 72.3 Å². The van der Waals surface area contributed by atoms with E-state index in [0.29, 0.717) is 44.2 Å². The normalized spacial score (nSPS) is 17.4. The van der Waals surface area contributed by atoms with Crippen molar-refractivity contribution in [3.8, 4) is 11.5 Å². The molecule has 0 fully saturated rings. The van der Waals surface area contributed by atoms with Gasteiger partial charge in [0, 0.05) is 67.1 Å². The van der Waals surface area contributed by atoms with Gasteiger partial charge in [-0.05, 0) is 80.0 Å². The molecule has 0 unspecified atom stereocenters. The fourth-order valence-corrected chi connectivity index (χ4v) is 7.06. The zero-order valence-corrected chi connectivity index (χ0v) is 25.5. The summed E-state index contributed by atoms with van der Waals surface area (Å²) in [4.78, 5) is 29.6. The van der Waals surface area contributed by atoms with Crippen LogP contribution in [0, 0.1) is 6.92 Å². The van der Waals surface area contributed by atoms with Gasteiger partial charge in [-0.15, -0.1) is 0 Å². The van der Waals surface area contributed by atoms with Crippen molar-refractivity contribution in [2.24, 2.45) is 0 Å². The summed E-state index contributed by atoms with van der Waals surface area (Å²) >= 11 is 0. The maximum Gasteiger partial charge on any atom is 0.161 e. The summed E-state index contributed by atoms with van der Waals surface area (Å²) in [7, 11) is 1.71. The Morgan fingerprint density at radius 1 is 0.837 bits per heavy atom. The molecular weight excluding hydrogens is 538 g/mol. The molecule has 0 spiro atoms. The number of methoxy groups -OCH3 is 1. The third-order valence-electron chi connectivity index (χ3n) is 9.06. The highest BCUT2D eigenvalue weighted by molar-refractivity contribution is 6.06. The Bertz CT molecular complexity index is 1570. The van der Waals surface area contributed by atoms with Crippen molar-refractivity contribution >= 4 is 22.3 Å². The molecule has 0 radical (unpaired) electrons. The molecule has 3 aromatic rings. The van der Waals surface area contributed by atoms with E-state index in [1.165, 1.54) is 16.3 Å². The quantitative estimate of drug-likeness (QED) is 0.231. The van der Waals surface area contributed by atoms with Crippen molar-refractivity contribution in [3.05, 3.63) is 93.8 Å². The van der Waals surface area contributed by atoms with E-state index in [4.69, 9.17) is 14.2 Å². The monoisotopic (exact) mass is 579 g/mol. The molecule has 43 heavy (non-hydrogen) atoms. The summed E-state index contributed by atoms with van der Waals surface area (Å²) in [6.45, 7) is 6.35. The number of ether oxygens (including phenoxy) is 3. The van der Waals surface area contributed by atoms with Crippen molar-refractivity contribution in [1.82, 2.24) is 4.90 Å². The van der Waals surface area contributed by atoms with Crippen molar-refractivity contribution < 1.29 is 23.8 Å². The predicted octanol–water partition coefficient (Wildman–Crippen LogP) is 7.58. The van der Waals surface area contributed by atoms with E-state index in [-0.39, 0.29) is 17.5 Å². The number of hydrogen-bond donors (Lipinski definition) is 0. The molecule has 6 heteroatoms. The Labute approximate surface area is 254 Å². The smallest absolute Gasteiger partial charge is 0.161 e. The summed E-state index contributed by atoms with van der Waals surface area (Å²) in [5.74, 6) is 1.22. The van der Waals surface area contributed by atoms with Crippen LogP contribution in [0.15, 0.2) is 77.1 Å². The number of Topliss-reactive ketones (excluding diaryl/α,β-unsaturated/α-hetero) is 2. The van der Waals surface area contributed by atoms with E-state index in [1.807, 2.05) is 31.2 Å². The number of ketones is 2. The van der Waals surface area contributed by atoms with Crippen LogP contribution < -0.4 is 9.47 Å². The van der Waals surface area contributed by atoms with Crippen LogP contribution in [0.1, 0.15) is 74.5 Å². The Morgan fingerprint density at radius 2 is 1.56 bits per heavy atom. The number of nitrogens with zero attached hydrogens (tertiary/aromatic N) is 1. The molecule has 0 N–H and O–H groups in total. The maximum absolute atomic E-state index is 13.6. The molecule has 0 aromatic heterocycles. The molecule has 0 saturated carbocycles. The average Bonchev–Trinajstić information content (AvgIpc) is 3.01. The van der Waals surface area contributed by atoms with Gasteiger partial charge < -0.3 is 19.1 Å². The van der Waals surface area contributed by atoms with Crippen LogP contribution in [0.25, 0.3) is 10.8 Å². The molecule has 0 bridgehead atoms. The van der Waals surface area contributed by atoms with Gasteiger partial charge in [-0.3, -0.25) is 9.59 Å². The number of fused-ring (bicyclic) bond motifs is 1. The lowest BCUT2D eigenvalue weighted by Gasteiger charge is -2.44. The molecule has 6 rings (SSSR count). The molecule has 3 aliphatic rings. The van der Waals surface area contributed by atoms with Crippen LogP contribution in [0.5, 0.6) is 11.5 Å². The Morgan fingerprint density at radius 3 is 2.26 bits per heavy atom. The second-order valence-corrected chi connectivity index (χ2v) is 11.7. The zero-order valence-electron chi connectivity index (χ0n) is 25.5. The largest absolute Gasteiger partial charge is 0.490 e. The van der Waals surface area contributed by atoms with Crippen LogP contribution in [0.4, 0.5) is 0 Å². The summed E-state index contributed by atoms with van der Waals surface area (Å²) in [6.07, 6.45) is 5.25. The first-order chi connectivity index (χ1) is 21.0. The Balaban J connectivity index is 1.39. The van der Waals surface area contributed by atoms with E-state index < -0.39 is 0 Å². The van der Waals surface area contributed by atoms with Gasteiger partial charge in [0.05, 0.1) is 6.61 Å². The minimum absolute atomic E-state index is 0.151. The van der Waals surface area contributed by atoms with Gasteiger partial charge in [-0.25, -0.2) is 0 Å². The highest BCUT2D eigenvalue weighted by Crippen LogP contribution is 2.50. The van der Waals surface area contributed by atoms with Gasteiger partial charge in [0.2, 0.25) is 0 Å². The van der Waals surface area contributed by atoms with Crippen molar-refractivity contribution in [2.75, 3.05) is 26.9 Å². The van der Waals surface area contributed by atoms with E-state index in [2.05, 4.69) is 42.2 Å². The molecule has 224 valence electrons. The number of carbonyl (C=O) groups is 2. The summed E-state index contributed by atoms with van der Waals surface area (Å²) in [5, 5.41) is 2.36. The summed E-state index contributed by atoms with van der Waals surface area (Å²) in [6, 6.07) is 18.6. The molecular formula is C37H41NO5. The number of benzene rings is 3. The van der Waals surface area contributed by atoms with Crippen LogP contribution in [-0.4, -0.2) is 43.3 Å². The molecule has 0 saturated heterocycles. The van der Waals surface area contributed by atoms with Gasteiger partial charge in [0.25, 0.3) is 0 Å². The van der Waals surface area contributed by atoms with Gasteiger partial charge in [0.1, 0.15) is 6.61 Å². The highest BCUT2D eigenvalue weighted by Gasteiger charge is 2.43. The fraction of sp³-hybridized carbons (Fsp3) is 0.405. The van der Waals surface area contributed by atoms with Gasteiger partial charge in [-0.1, -0.05) is 42.5 Å². The number of allylic oxidation sites excluding steroid dienone is 4. The first kappa shape index (κ1) is 29.2. The average molecular weight is 580 g/mol. The first-order valence-electron chi connectivity index (χ1n) is 15.7. The van der Waals surface area contributed by atoms with E-state index in [1.54, 1.807) is 7.11 Å². The first-order valence-corrected chi connectivity index (χ1v) is 15.7. The molecule has 1 heterocycles. The minimum atomic E-state index is -0.377. The number of carbonyl (C=O) groups excluding carboxylic acids is 2. The van der Waals surface area contributed by atoms with Crippen molar-refractivity contribution in [3.63, 3.8) is 0 Å². The molecule has 6 nitrogen and oxygen atoms in total.